The molecule has 2 amide bonds. The molecule has 1 aromatic rings. The standard InChI is InChI=1S/C18H24N2O2/c1-3-16(14-8-6-5-7-9-14)18(22)20-12-10-15(11-13-20)19-17(21)4-2/h4-9,15-16H,2-3,10-13H2,1H3,(H,19,21). The Morgan fingerprint density at radius 3 is 2.50 bits per heavy atom. The van der Waals surface area contributed by atoms with E-state index in [-0.39, 0.29) is 23.8 Å². The molecule has 22 heavy (non-hydrogen) atoms. The maximum atomic E-state index is 12.7. The van der Waals surface area contributed by atoms with E-state index in [1.54, 1.807) is 0 Å². The van der Waals surface area contributed by atoms with Crippen LogP contribution in [-0.2, 0) is 9.59 Å². The summed E-state index contributed by atoms with van der Waals surface area (Å²) in [5, 5.41) is 2.91. The van der Waals surface area contributed by atoms with Gasteiger partial charge in [-0.3, -0.25) is 9.59 Å². The second kappa shape index (κ2) is 7.78. The lowest BCUT2D eigenvalue weighted by atomic mass is 9.93. The summed E-state index contributed by atoms with van der Waals surface area (Å²) < 4.78 is 0. The molecule has 1 aliphatic heterocycles. The molecule has 1 saturated heterocycles. The van der Waals surface area contributed by atoms with Crippen LogP contribution < -0.4 is 5.32 Å². The van der Waals surface area contributed by atoms with Crippen molar-refractivity contribution in [2.24, 2.45) is 0 Å². The van der Waals surface area contributed by atoms with Gasteiger partial charge in [0.05, 0.1) is 5.92 Å². The van der Waals surface area contributed by atoms with Gasteiger partial charge in [0, 0.05) is 19.1 Å². The number of nitrogens with zero attached hydrogens (tertiary/aromatic N) is 1. The molecule has 2 rings (SSSR count). The zero-order chi connectivity index (χ0) is 15.9. The van der Waals surface area contributed by atoms with E-state index in [1.807, 2.05) is 42.2 Å². The zero-order valence-electron chi connectivity index (χ0n) is 13.1. The van der Waals surface area contributed by atoms with Crippen LogP contribution in [0.15, 0.2) is 43.0 Å². The smallest absolute Gasteiger partial charge is 0.243 e. The van der Waals surface area contributed by atoms with E-state index in [1.165, 1.54) is 6.08 Å². The van der Waals surface area contributed by atoms with Gasteiger partial charge in [-0.25, -0.2) is 0 Å². The maximum absolute atomic E-state index is 12.7. The van der Waals surface area contributed by atoms with E-state index in [0.29, 0.717) is 13.1 Å². The SMILES string of the molecule is C=CC(=O)NC1CCN(C(=O)C(CC)c2ccccc2)CC1. The third kappa shape index (κ3) is 3.97. The van der Waals surface area contributed by atoms with Crippen LogP contribution in [0.4, 0.5) is 0 Å². The fourth-order valence-electron chi connectivity index (χ4n) is 2.96. The molecule has 1 fully saturated rings. The van der Waals surface area contributed by atoms with Crippen molar-refractivity contribution < 1.29 is 9.59 Å². The quantitative estimate of drug-likeness (QED) is 0.849. The van der Waals surface area contributed by atoms with Crippen LogP contribution in [0.3, 0.4) is 0 Å². The number of piperidine rings is 1. The van der Waals surface area contributed by atoms with Crippen molar-refractivity contribution in [3.05, 3.63) is 48.6 Å². The highest BCUT2D eigenvalue weighted by atomic mass is 16.2. The summed E-state index contributed by atoms with van der Waals surface area (Å²) in [6, 6.07) is 10.1. The predicted molar refractivity (Wildman–Crippen MR) is 87.4 cm³/mol. The first kappa shape index (κ1) is 16.3. The second-order valence-corrected chi connectivity index (χ2v) is 5.68. The molecular weight excluding hydrogens is 276 g/mol. The summed E-state index contributed by atoms with van der Waals surface area (Å²) in [6.45, 7) is 6.91. The number of carbonyl (C=O) groups excluding carboxylic acids is 2. The number of carbonyl (C=O) groups is 2. The van der Waals surface area contributed by atoms with Gasteiger partial charge in [-0.1, -0.05) is 43.8 Å². The Morgan fingerprint density at radius 1 is 1.32 bits per heavy atom. The third-order valence-electron chi connectivity index (χ3n) is 4.25. The molecule has 0 spiro atoms. The fraction of sp³-hybridized carbons (Fsp3) is 0.444. The van der Waals surface area contributed by atoms with Crippen LogP contribution in [-0.4, -0.2) is 35.8 Å². The Morgan fingerprint density at radius 2 is 1.95 bits per heavy atom. The van der Waals surface area contributed by atoms with Crippen LogP contribution in [0.25, 0.3) is 0 Å². The molecule has 1 unspecified atom stereocenters. The number of likely N-dealkylation sites (tertiary alicyclic amines) is 1. The van der Waals surface area contributed by atoms with E-state index in [4.69, 9.17) is 0 Å². The monoisotopic (exact) mass is 300 g/mol. The van der Waals surface area contributed by atoms with Crippen LogP contribution in [0.5, 0.6) is 0 Å². The second-order valence-electron chi connectivity index (χ2n) is 5.68. The molecule has 0 saturated carbocycles. The molecule has 4 heteroatoms. The summed E-state index contributed by atoms with van der Waals surface area (Å²) in [5.74, 6) is -0.0109. The third-order valence-corrected chi connectivity index (χ3v) is 4.25. The molecule has 0 bridgehead atoms. The normalized spacial score (nSPS) is 16.9. The molecule has 4 nitrogen and oxygen atoms in total. The lowest BCUT2D eigenvalue weighted by molar-refractivity contribution is -0.134. The first-order valence-corrected chi connectivity index (χ1v) is 7.92. The minimum Gasteiger partial charge on any atom is -0.350 e. The van der Waals surface area contributed by atoms with Crippen LogP contribution in [0, 0.1) is 0 Å². The van der Waals surface area contributed by atoms with Crippen LogP contribution in [0.2, 0.25) is 0 Å². The molecule has 0 radical (unpaired) electrons. The highest BCUT2D eigenvalue weighted by Crippen LogP contribution is 2.24. The molecule has 1 heterocycles. The largest absolute Gasteiger partial charge is 0.350 e. The van der Waals surface area contributed by atoms with Gasteiger partial charge >= 0.3 is 0 Å². The highest BCUT2D eigenvalue weighted by molar-refractivity contribution is 5.87. The molecule has 0 aliphatic carbocycles. The van der Waals surface area contributed by atoms with Gasteiger partial charge in [-0.2, -0.15) is 0 Å². The van der Waals surface area contributed by atoms with E-state index in [2.05, 4.69) is 11.9 Å². The topological polar surface area (TPSA) is 49.4 Å². The van der Waals surface area contributed by atoms with Crippen molar-refractivity contribution in [3.8, 4) is 0 Å². The lowest BCUT2D eigenvalue weighted by Crippen LogP contribution is -2.47. The van der Waals surface area contributed by atoms with Crippen molar-refractivity contribution in [1.29, 1.82) is 0 Å². The molecule has 1 N–H and O–H groups in total. The Balaban J connectivity index is 1.94. The number of rotatable bonds is 5. The summed E-state index contributed by atoms with van der Waals surface area (Å²) >= 11 is 0. The fourth-order valence-corrected chi connectivity index (χ4v) is 2.96. The molecule has 1 aliphatic rings. The lowest BCUT2D eigenvalue weighted by Gasteiger charge is -2.34. The average molecular weight is 300 g/mol. The van der Waals surface area contributed by atoms with Crippen molar-refractivity contribution in [1.82, 2.24) is 10.2 Å². The van der Waals surface area contributed by atoms with E-state index in [9.17, 15) is 9.59 Å². The van der Waals surface area contributed by atoms with Gasteiger partial charge in [0.15, 0.2) is 0 Å². The van der Waals surface area contributed by atoms with E-state index in [0.717, 1.165) is 24.8 Å². The van der Waals surface area contributed by atoms with Crippen molar-refractivity contribution in [3.63, 3.8) is 0 Å². The Bertz CT molecular complexity index is 519. The summed E-state index contributed by atoms with van der Waals surface area (Å²) in [4.78, 5) is 26.0. The maximum Gasteiger partial charge on any atom is 0.243 e. The van der Waals surface area contributed by atoms with Gasteiger partial charge in [0.25, 0.3) is 0 Å². The Hall–Kier alpha value is -2.10. The number of hydrogen-bond acceptors (Lipinski definition) is 2. The van der Waals surface area contributed by atoms with Gasteiger partial charge in [-0.15, -0.1) is 0 Å². The molecule has 0 aromatic heterocycles. The first-order chi connectivity index (χ1) is 10.7. The highest BCUT2D eigenvalue weighted by Gasteiger charge is 2.28. The summed E-state index contributed by atoms with van der Waals surface area (Å²) in [5.41, 5.74) is 1.08. The van der Waals surface area contributed by atoms with Crippen LogP contribution in [0.1, 0.15) is 37.7 Å². The predicted octanol–water partition coefficient (Wildman–Crippen LogP) is 2.47. The zero-order valence-corrected chi connectivity index (χ0v) is 13.1. The molecular formula is C18H24N2O2. The molecule has 118 valence electrons. The van der Waals surface area contributed by atoms with E-state index >= 15 is 0 Å². The van der Waals surface area contributed by atoms with Gasteiger partial charge in [0.2, 0.25) is 11.8 Å². The minimum atomic E-state index is -0.138. The summed E-state index contributed by atoms with van der Waals surface area (Å²) in [7, 11) is 0. The van der Waals surface area contributed by atoms with Crippen molar-refractivity contribution in [2.75, 3.05) is 13.1 Å². The Labute approximate surface area is 132 Å². The van der Waals surface area contributed by atoms with Crippen LogP contribution >= 0.6 is 0 Å². The molecule has 1 aromatic carbocycles. The number of amides is 2. The van der Waals surface area contributed by atoms with E-state index < -0.39 is 0 Å². The average Bonchev–Trinajstić information content (AvgIpc) is 2.57. The summed E-state index contributed by atoms with van der Waals surface area (Å²) in [6.07, 6.45) is 3.70. The van der Waals surface area contributed by atoms with Gasteiger partial charge in [-0.05, 0) is 30.9 Å². The first-order valence-electron chi connectivity index (χ1n) is 7.92. The molecule has 1 atom stereocenters. The van der Waals surface area contributed by atoms with Gasteiger partial charge in [0.1, 0.15) is 0 Å². The van der Waals surface area contributed by atoms with Gasteiger partial charge < -0.3 is 10.2 Å². The Kier molecular flexibility index (Phi) is 5.75. The minimum absolute atomic E-state index is 0.0690. The number of benzene rings is 1. The number of nitrogens with one attached hydrogen (secondary N) is 1. The van der Waals surface area contributed by atoms with Crippen molar-refractivity contribution in [2.45, 2.75) is 38.1 Å². The number of hydrogen-bond donors (Lipinski definition) is 1. The van der Waals surface area contributed by atoms with Crippen molar-refractivity contribution >= 4 is 11.8 Å².